The largest absolute Gasteiger partial charge is 0.256 e. The van der Waals surface area contributed by atoms with Crippen molar-refractivity contribution in [2.45, 2.75) is 51.9 Å². The summed E-state index contributed by atoms with van der Waals surface area (Å²) in [6, 6.07) is 4.33. The Labute approximate surface area is 97.3 Å². The minimum absolute atomic E-state index is 0.516. The smallest absolute Gasteiger partial charge is 0.101 e. The first-order valence-corrected chi connectivity index (χ1v) is 6.10. The zero-order valence-corrected chi connectivity index (χ0v) is 10.1. The van der Waals surface area contributed by atoms with E-state index in [-0.39, 0.29) is 0 Å². The van der Waals surface area contributed by atoms with E-state index in [1.54, 1.807) is 0 Å². The Morgan fingerprint density at radius 3 is 2.56 bits per heavy atom. The molecular weight excluding hydrogens is 196 g/mol. The van der Waals surface area contributed by atoms with Crippen LogP contribution in [0.25, 0.3) is 0 Å². The maximum Gasteiger partial charge on any atom is 0.101 e. The number of rotatable bonds is 1. The number of pyridine rings is 1. The van der Waals surface area contributed by atoms with Gasteiger partial charge in [-0.15, -0.1) is 0 Å². The first-order valence-electron chi connectivity index (χ1n) is 6.10. The molecule has 0 saturated heterocycles. The van der Waals surface area contributed by atoms with Crippen LogP contribution in [0.5, 0.6) is 0 Å². The van der Waals surface area contributed by atoms with Crippen molar-refractivity contribution in [3.05, 3.63) is 28.6 Å². The summed E-state index contributed by atoms with van der Waals surface area (Å²) in [7, 11) is 0. The molecule has 0 atom stereocenters. The maximum atomic E-state index is 9.23. The van der Waals surface area contributed by atoms with Gasteiger partial charge in [-0.2, -0.15) is 5.26 Å². The lowest BCUT2D eigenvalue weighted by atomic mass is 9.84. The minimum Gasteiger partial charge on any atom is -0.256 e. The van der Waals surface area contributed by atoms with Gasteiger partial charge in [0.15, 0.2) is 0 Å². The van der Waals surface area contributed by atoms with Crippen LogP contribution < -0.4 is 0 Å². The van der Waals surface area contributed by atoms with Crippen molar-refractivity contribution in [2.24, 2.45) is 0 Å². The third-order valence-corrected chi connectivity index (χ3v) is 3.48. The molecule has 2 heteroatoms. The van der Waals surface area contributed by atoms with Gasteiger partial charge in [0.2, 0.25) is 0 Å². The van der Waals surface area contributed by atoms with E-state index in [0.29, 0.717) is 5.92 Å². The van der Waals surface area contributed by atoms with E-state index >= 15 is 0 Å². The van der Waals surface area contributed by atoms with Gasteiger partial charge in [-0.3, -0.25) is 4.98 Å². The van der Waals surface area contributed by atoms with Gasteiger partial charge in [0.25, 0.3) is 0 Å². The summed E-state index contributed by atoms with van der Waals surface area (Å²) in [4.78, 5) is 4.61. The molecule has 1 fully saturated rings. The van der Waals surface area contributed by atoms with Crippen LogP contribution >= 0.6 is 0 Å². The van der Waals surface area contributed by atoms with Gasteiger partial charge in [0, 0.05) is 11.6 Å². The molecule has 16 heavy (non-hydrogen) atoms. The monoisotopic (exact) mass is 214 g/mol. The van der Waals surface area contributed by atoms with E-state index in [1.165, 1.54) is 32.1 Å². The van der Waals surface area contributed by atoms with Gasteiger partial charge in [-0.05, 0) is 38.3 Å². The Balaban J connectivity index is 2.42. The second kappa shape index (κ2) is 4.65. The minimum atomic E-state index is 0.516. The predicted molar refractivity (Wildman–Crippen MR) is 64.3 cm³/mol. The second-order valence-electron chi connectivity index (χ2n) is 4.79. The third-order valence-electron chi connectivity index (χ3n) is 3.48. The Morgan fingerprint density at radius 2 is 1.94 bits per heavy atom. The zero-order chi connectivity index (χ0) is 11.5. The highest BCUT2D eigenvalue weighted by Gasteiger charge is 2.21. The molecule has 0 aliphatic heterocycles. The van der Waals surface area contributed by atoms with Gasteiger partial charge in [0.1, 0.15) is 6.07 Å². The van der Waals surface area contributed by atoms with Crippen LogP contribution in [0.15, 0.2) is 6.07 Å². The molecule has 0 bridgehead atoms. The molecule has 2 nitrogen and oxygen atoms in total. The number of hydrogen-bond donors (Lipinski definition) is 0. The maximum absolute atomic E-state index is 9.23. The molecule has 1 aliphatic rings. The van der Waals surface area contributed by atoms with Crippen LogP contribution in [0.4, 0.5) is 0 Å². The lowest BCUT2D eigenvalue weighted by Gasteiger charge is -2.22. The predicted octanol–water partition coefficient (Wildman–Crippen LogP) is 3.62. The third kappa shape index (κ3) is 2.09. The number of aromatic nitrogens is 1. The summed E-state index contributed by atoms with van der Waals surface area (Å²) in [5.41, 5.74) is 3.99. The van der Waals surface area contributed by atoms with Gasteiger partial charge in [0.05, 0.1) is 11.3 Å². The molecule has 1 aromatic rings. The average molecular weight is 214 g/mol. The summed E-state index contributed by atoms with van der Waals surface area (Å²) < 4.78 is 0. The molecule has 2 rings (SSSR count). The molecule has 84 valence electrons. The van der Waals surface area contributed by atoms with E-state index in [0.717, 1.165) is 22.5 Å². The fourth-order valence-electron chi connectivity index (χ4n) is 2.68. The quantitative estimate of drug-likeness (QED) is 0.716. The van der Waals surface area contributed by atoms with Crippen molar-refractivity contribution < 1.29 is 0 Å². The zero-order valence-electron chi connectivity index (χ0n) is 10.1. The molecule has 0 spiro atoms. The summed E-state index contributed by atoms with van der Waals surface area (Å²) >= 11 is 0. The lowest BCUT2D eigenvalue weighted by Crippen LogP contribution is -2.10. The molecule has 0 N–H and O–H groups in total. The van der Waals surface area contributed by atoms with Gasteiger partial charge >= 0.3 is 0 Å². The van der Waals surface area contributed by atoms with E-state index in [4.69, 9.17) is 0 Å². The SMILES string of the molecule is Cc1cc(C)c(C#N)c(C2CCCCC2)n1. The highest BCUT2D eigenvalue weighted by atomic mass is 14.7. The van der Waals surface area contributed by atoms with Gasteiger partial charge < -0.3 is 0 Å². The summed E-state index contributed by atoms with van der Waals surface area (Å²) in [5, 5.41) is 9.23. The Kier molecular flexibility index (Phi) is 3.24. The number of nitrogens with zero attached hydrogens (tertiary/aromatic N) is 2. The molecule has 0 radical (unpaired) electrons. The molecule has 0 unspecified atom stereocenters. The van der Waals surface area contributed by atoms with Crippen molar-refractivity contribution in [1.82, 2.24) is 4.98 Å². The van der Waals surface area contributed by atoms with Crippen molar-refractivity contribution in [1.29, 1.82) is 5.26 Å². The number of aryl methyl sites for hydroxylation is 2. The Morgan fingerprint density at radius 1 is 1.25 bits per heavy atom. The van der Waals surface area contributed by atoms with Crippen LogP contribution in [0.3, 0.4) is 0 Å². The van der Waals surface area contributed by atoms with Crippen molar-refractivity contribution in [2.75, 3.05) is 0 Å². The lowest BCUT2D eigenvalue weighted by molar-refractivity contribution is 0.435. The van der Waals surface area contributed by atoms with Gasteiger partial charge in [-0.25, -0.2) is 0 Å². The summed E-state index contributed by atoms with van der Waals surface area (Å²) in [6.07, 6.45) is 6.30. The van der Waals surface area contributed by atoms with E-state index in [2.05, 4.69) is 11.1 Å². The number of nitriles is 1. The van der Waals surface area contributed by atoms with E-state index in [1.807, 2.05) is 19.9 Å². The first-order chi connectivity index (χ1) is 7.72. The molecule has 1 aliphatic carbocycles. The second-order valence-corrected chi connectivity index (χ2v) is 4.79. The molecule has 0 amide bonds. The molecule has 1 saturated carbocycles. The van der Waals surface area contributed by atoms with Crippen LogP contribution in [0.1, 0.15) is 60.5 Å². The van der Waals surface area contributed by atoms with Crippen molar-refractivity contribution in [3.8, 4) is 6.07 Å². The van der Waals surface area contributed by atoms with Crippen LogP contribution in [0, 0.1) is 25.2 Å². The fourth-order valence-corrected chi connectivity index (χ4v) is 2.68. The molecular formula is C14H18N2. The van der Waals surface area contributed by atoms with Crippen molar-refractivity contribution in [3.63, 3.8) is 0 Å². The Hall–Kier alpha value is -1.36. The topological polar surface area (TPSA) is 36.7 Å². The van der Waals surface area contributed by atoms with Gasteiger partial charge in [-0.1, -0.05) is 19.3 Å². The summed E-state index contributed by atoms with van der Waals surface area (Å²) in [6.45, 7) is 4.03. The Bertz CT molecular complexity index is 423. The van der Waals surface area contributed by atoms with Crippen LogP contribution in [-0.4, -0.2) is 4.98 Å². The van der Waals surface area contributed by atoms with E-state index in [9.17, 15) is 5.26 Å². The normalized spacial score (nSPS) is 17.1. The number of hydrogen-bond acceptors (Lipinski definition) is 2. The molecule has 1 aromatic heterocycles. The van der Waals surface area contributed by atoms with Crippen LogP contribution in [-0.2, 0) is 0 Å². The average Bonchev–Trinajstić information content (AvgIpc) is 2.29. The highest BCUT2D eigenvalue weighted by Crippen LogP contribution is 2.34. The molecule has 0 aromatic carbocycles. The van der Waals surface area contributed by atoms with Crippen LogP contribution in [0.2, 0.25) is 0 Å². The molecule has 1 heterocycles. The fraction of sp³-hybridized carbons (Fsp3) is 0.571. The van der Waals surface area contributed by atoms with E-state index < -0.39 is 0 Å². The first kappa shape index (κ1) is 11.1. The summed E-state index contributed by atoms with van der Waals surface area (Å²) in [5.74, 6) is 0.516. The highest BCUT2D eigenvalue weighted by molar-refractivity contribution is 5.43. The van der Waals surface area contributed by atoms with Crippen molar-refractivity contribution >= 4 is 0 Å². The standard InChI is InChI=1S/C14H18N2/c1-10-8-11(2)16-14(13(10)9-15)12-6-4-3-5-7-12/h8,12H,3-7H2,1-2H3.